The van der Waals surface area contributed by atoms with E-state index in [1.165, 1.54) is 24.3 Å². The maximum absolute atomic E-state index is 13.2. The SMILES string of the molecule is Cc1ccc(Cl)cc1N1CCN(C(=O)c2ccc3c(c2)NC(=O)C(CS(=O)(=O)Cc2ccc(F)cc2)N3)CC1. The van der Waals surface area contributed by atoms with Gasteiger partial charge in [0.1, 0.15) is 11.9 Å². The van der Waals surface area contributed by atoms with Crippen LogP contribution in [0.5, 0.6) is 0 Å². The predicted molar refractivity (Wildman–Crippen MR) is 151 cm³/mol. The Labute approximate surface area is 231 Å². The summed E-state index contributed by atoms with van der Waals surface area (Å²) >= 11 is 6.17. The number of benzene rings is 3. The highest BCUT2D eigenvalue weighted by Crippen LogP contribution is 2.30. The van der Waals surface area contributed by atoms with Gasteiger partial charge in [0.2, 0.25) is 5.91 Å². The third kappa shape index (κ3) is 6.17. The zero-order valence-electron chi connectivity index (χ0n) is 21.3. The molecule has 1 fully saturated rings. The molecule has 39 heavy (non-hydrogen) atoms. The summed E-state index contributed by atoms with van der Waals surface area (Å²) in [6.07, 6.45) is 0. The number of halogens is 2. The van der Waals surface area contributed by atoms with Crippen LogP contribution >= 0.6 is 11.6 Å². The molecule has 2 aliphatic rings. The van der Waals surface area contributed by atoms with E-state index < -0.39 is 33.4 Å². The summed E-state index contributed by atoms with van der Waals surface area (Å²) in [6, 6.07) is 15.0. The van der Waals surface area contributed by atoms with Crippen LogP contribution in [0.3, 0.4) is 0 Å². The minimum atomic E-state index is -3.67. The second kappa shape index (κ2) is 10.9. The number of anilines is 3. The molecular formula is C28H28ClFN4O4S. The van der Waals surface area contributed by atoms with Crippen molar-refractivity contribution in [2.45, 2.75) is 18.7 Å². The topological polar surface area (TPSA) is 98.8 Å². The normalized spacial score (nSPS) is 17.3. The Morgan fingerprint density at radius 1 is 1.00 bits per heavy atom. The van der Waals surface area contributed by atoms with Crippen molar-refractivity contribution in [2.75, 3.05) is 47.5 Å². The van der Waals surface area contributed by atoms with Gasteiger partial charge in [-0.1, -0.05) is 29.8 Å². The highest BCUT2D eigenvalue weighted by atomic mass is 35.5. The maximum atomic E-state index is 13.2. The largest absolute Gasteiger partial charge is 0.371 e. The first-order valence-electron chi connectivity index (χ1n) is 12.5. The molecule has 1 saturated heterocycles. The van der Waals surface area contributed by atoms with Crippen molar-refractivity contribution in [1.29, 1.82) is 0 Å². The van der Waals surface area contributed by atoms with Gasteiger partial charge in [-0.05, 0) is 60.5 Å². The third-order valence-electron chi connectivity index (χ3n) is 6.97. The van der Waals surface area contributed by atoms with E-state index >= 15 is 0 Å². The molecule has 2 N–H and O–H groups in total. The van der Waals surface area contributed by atoms with Crippen LogP contribution in [0.25, 0.3) is 0 Å². The summed E-state index contributed by atoms with van der Waals surface area (Å²) < 4.78 is 38.5. The molecule has 0 saturated carbocycles. The summed E-state index contributed by atoms with van der Waals surface area (Å²) in [4.78, 5) is 30.0. The molecule has 3 aromatic carbocycles. The van der Waals surface area contributed by atoms with E-state index in [-0.39, 0.29) is 11.7 Å². The first-order chi connectivity index (χ1) is 18.6. The van der Waals surface area contributed by atoms with E-state index in [2.05, 4.69) is 15.5 Å². The van der Waals surface area contributed by atoms with Crippen LogP contribution in [0.4, 0.5) is 21.5 Å². The number of rotatable bonds is 6. The Kier molecular flexibility index (Phi) is 7.51. The van der Waals surface area contributed by atoms with Gasteiger partial charge in [-0.15, -0.1) is 0 Å². The van der Waals surface area contributed by atoms with Crippen molar-refractivity contribution in [3.63, 3.8) is 0 Å². The first-order valence-corrected chi connectivity index (χ1v) is 14.7. The molecule has 1 unspecified atom stereocenters. The van der Waals surface area contributed by atoms with E-state index in [4.69, 9.17) is 11.6 Å². The maximum Gasteiger partial charge on any atom is 0.254 e. The van der Waals surface area contributed by atoms with Crippen molar-refractivity contribution in [3.8, 4) is 0 Å². The van der Waals surface area contributed by atoms with Crippen LogP contribution in [0.2, 0.25) is 5.02 Å². The number of aryl methyl sites for hydroxylation is 1. The fourth-order valence-electron chi connectivity index (χ4n) is 4.90. The third-order valence-corrected chi connectivity index (χ3v) is 8.82. The molecule has 204 valence electrons. The lowest BCUT2D eigenvalue weighted by atomic mass is 10.1. The minimum absolute atomic E-state index is 0.140. The molecule has 3 aromatic rings. The monoisotopic (exact) mass is 570 g/mol. The lowest BCUT2D eigenvalue weighted by Gasteiger charge is -2.37. The molecule has 1 atom stereocenters. The molecule has 11 heteroatoms. The number of hydrogen-bond acceptors (Lipinski definition) is 6. The van der Waals surface area contributed by atoms with E-state index in [9.17, 15) is 22.4 Å². The van der Waals surface area contributed by atoms with Gasteiger partial charge < -0.3 is 20.4 Å². The summed E-state index contributed by atoms with van der Waals surface area (Å²) in [7, 11) is -3.67. The zero-order valence-corrected chi connectivity index (χ0v) is 22.9. The smallest absolute Gasteiger partial charge is 0.254 e. The number of carbonyl (C=O) groups is 2. The molecule has 2 aliphatic heterocycles. The second-order valence-electron chi connectivity index (χ2n) is 9.84. The summed E-state index contributed by atoms with van der Waals surface area (Å²) in [6.45, 7) is 4.46. The highest BCUT2D eigenvalue weighted by Gasteiger charge is 2.31. The van der Waals surface area contributed by atoms with Crippen LogP contribution in [-0.4, -0.2) is 63.1 Å². The Bertz CT molecular complexity index is 1520. The number of fused-ring (bicyclic) bond motifs is 1. The summed E-state index contributed by atoms with van der Waals surface area (Å²) in [5, 5.41) is 6.39. The van der Waals surface area contributed by atoms with Crippen molar-refractivity contribution in [1.82, 2.24) is 4.90 Å². The number of hydrogen-bond donors (Lipinski definition) is 2. The van der Waals surface area contributed by atoms with Crippen LogP contribution < -0.4 is 15.5 Å². The molecular weight excluding hydrogens is 543 g/mol. The van der Waals surface area contributed by atoms with Crippen LogP contribution in [0, 0.1) is 12.7 Å². The molecule has 0 aliphatic carbocycles. The van der Waals surface area contributed by atoms with E-state index in [1.54, 1.807) is 23.1 Å². The Hall–Kier alpha value is -3.63. The second-order valence-corrected chi connectivity index (χ2v) is 12.4. The van der Waals surface area contributed by atoms with Gasteiger partial charge in [-0.2, -0.15) is 0 Å². The first kappa shape index (κ1) is 27.0. The molecule has 0 spiro atoms. The molecule has 0 bridgehead atoms. The van der Waals surface area contributed by atoms with Gasteiger partial charge in [0.25, 0.3) is 5.91 Å². The van der Waals surface area contributed by atoms with Crippen molar-refractivity contribution in [3.05, 3.63) is 88.2 Å². The van der Waals surface area contributed by atoms with Gasteiger partial charge in [-0.3, -0.25) is 9.59 Å². The molecule has 5 rings (SSSR count). The van der Waals surface area contributed by atoms with Crippen LogP contribution in [-0.2, 0) is 20.4 Å². The van der Waals surface area contributed by atoms with Crippen molar-refractivity contribution < 1.29 is 22.4 Å². The zero-order chi connectivity index (χ0) is 27.7. The van der Waals surface area contributed by atoms with Gasteiger partial charge in [-0.25, -0.2) is 12.8 Å². The number of nitrogens with zero attached hydrogens (tertiary/aromatic N) is 2. The Morgan fingerprint density at radius 3 is 2.44 bits per heavy atom. The number of amides is 2. The Balaban J connectivity index is 1.22. The van der Waals surface area contributed by atoms with E-state index in [0.717, 1.165) is 11.3 Å². The quantitative estimate of drug-likeness (QED) is 0.463. The van der Waals surface area contributed by atoms with Crippen LogP contribution in [0.15, 0.2) is 60.7 Å². The molecule has 2 heterocycles. The van der Waals surface area contributed by atoms with Crippen molar-refractivity contribution >= 4 is 50.3 Å². The summed E-state index contributed by atoms with van der Waals surface area (Å²) in [5.41, 5.74) is 4.02. The van der Waals surface area contributed by atoms with Crippen molar-refractivity contribution in [2.24, 2.45) is 0 Å². The number of carbonyl (C=O) groups excluding carboxylic acids is 2. The average Bonchev–Trinajstić information content (AvgIpc) is 2.91. The standard InChI is InChI=1S/C28H28ClFN4O4S/c1-18-2-6-21(29)15-26(18)33-10-12-34(13-11-33)28(36)20-5-9-23-24(14-20)32-27(35)25(31-23)17-39(37,38)16-19-3-7-22(30)8-4-19/h2-9,14-15,25,31H,10-13,16-17H2,1H3,(H,32,35). The van der Waals surface area contributed by atoms with Gasteiger partial charge >= 0.3 is 0 Å². The number of sulfone groups is 1. The molecule has 0 aromatic heterocycles. The van der Waals surface area contributed by atoms with E-state index in [0.29, 0.717) is 53.7 Å². The highest BCUT2D eigenvalue weighted by molar-refractivity contribution is 7.90. The molecule has 8 nitrogen and oxygen atoms in total. The molecule has 0 radical (unpaired) electrons. The lowest BCUT2D eigenvalue weighted by molar-refractivity contribution is -0.116. The number of nitrogens with one attached hydrogen (secondary N) is 2. The fraction of sp³-hybridized carbons (Fsp3) is 0.286. The van der Waals surface area contributed by atoms with Gasteiger partial charge in [0.05, 0.1) is 22.9 Å². The molecule has 2 amide bonds. The minimum Gasteiger partial charge on any atom is -0.371 e. The fourth-order valence-corrected chi connectivity index (χ4v) is 6.63. The van der Waals surface area contributed by atoms with Crippen LogP contribution in [0.1, 0.15) is 21.5 Å². The number of piperazine rings is 1. The lowest BCUT2D eigenvalue weighted by Crippen LogP contribution is -2.49. The summed E-state index contributed by atoms with van der Waals surface area (Å²) in [5.74, 6) is -1.82. The van der Waals surface area contributed by atoms with Gasteiger partial charge in [0.15, 0.2) is 9.84 Å². The predicted octanol–water partition coefficient (Wildman–Crippen LogP) is 4.10. The Morgan fingerprint density at radius 2 is 1.72 bits per heavy atom. The average molecular weight is 571 g/mol. The van der Waals surface area contributed by atoms with E-state index in [1.807, 2.05) is 25.1 Å². The van der Waals surface area contributed by atoms with Gasteiger partial charge in [0, 0.05) is 42.5 Å².